The van der Waals surface area contributed by atoms with Crippen LogP contribution >= 0.6 is 0 Å². The summed E-state index contributed by atoms with van der Waals surface area (Å²) in [6.45, 7) is 9.40. The van der Waals surface area contributed by atoms with Gasteiger partial charge in [0, 0.05) is 27.9 Å². The summed E-state index contributed by atoms with van der Waals surface area (Å²) in [5.74, 6) is 0. The summed E-state index contributed by atoms with van der Waals surface area (Å²) >= 11 is 0. The average molecular weight is 630 g/mol. The van der Waals surface area contributed by atoms with Crippen molar-refractivity contribution in [1.29, 1.82) is 0 Å². The molecule has 0 saturated heterocycles. The smallest absolute Gasteiger partial charge is 0.0467 e. The largest absolute Gasteiger partial charge is 0.310 e. The van der Waals surface area contributed by atoms with Gasteiger partial charge in [-0.3, -0.25) is 0 Å². The maximum Gasteiger partial charge on any atom is 0.0467 e. The van der Waals surface area contributed by atoms with Gasteiger partial charge in [0.2, 0.25) is 0 Å². The SMILES string of the molecule is CC1(C)c2ccccc2-c2cc(-c3cccc(N(c4cccc(-c5ccccc5)c4)c4ccc5c(c4)C(C)(C)c4ccccc4-5)c3)ccc21. The van der Waals surface area contributed by atoms with Crippen molar-refractivity contribution in [2.75, 3.05) is 4.90 Å². The lowest BCUT2D eigenvalue weighted by molar-refractivity contribution is 0.660. The summed E-state index contributed by atoms with van der Waals surface area (Å²) in [4.78, 5) is 2.43. The predicted molar refractivity (Wildman–Crippen MR) is 207 cm³/mol. The minimum atomic E-state index is -0.0875. The molecule has 0 spiro atoms. The highest BCUT2D eigenvalue weighted by molar-refractivity contribution is 5.89. The van der Waals surface area contributed by atoms with E-state index in [1.807, 2.05) is 0 Å². The van der Waals surface area contributed by atoms with Crippen molar-refractivity contribution in [2.45, 2.75) is 38.5 Å². The molecule has 0 aromatic heterocycles. The lowest BCUT2D eigenvalue weighted by atomic mass is 9.82. The van der Waals surface area contributed by atoms with Gasteiger partial charge in [-0.15, -0.1) is 0 Å². The minimum absolute atomic E-state index is 0.00607. The Hall–Kier alpha value is -5.66. The second-order valence-electron chi connectivity index (χ2n) is 14.6. The standard InChI is InChI=1S/C48H39N/c1-47(2)44-23-11-9-21-40(44)42-30-35(24-27-45(42)47)34-17-13-19-37(29-34)49(36-18-12-16-33(28-36)32-14-6-5-7-15-32)38-25-26-41-39-20-8-10-22-43(39)48(3,4)46(41)31-38/h5-31H,1-4H3. The Bertz CT molecular complexity index is 2390. The molecule has 2 aliphatic carbocycles. The van der Waals surface area contributed by atoms with Crippen molar-refractivity contribution in [3.8, 4) is 44.5 Å². The normalized spacial score (nSPS) is 14.4. The molecule has 0 radical (unpaired) electrons. The summed E-state index contributed by atoms with van der Waals surface area (Å²) in [7, 11) is 0. The van der Waals surface area contributed by atoms with Crippen molar-refractivity contribution in [1.82, 2.24) is 0 Å². The van der Waals surface area contributed by atoms with Crippen LogP contribution in [0.1, 0.15) is 49.9 Å². The summed E-state index contributed by atoms with van der Waals surface area (Å²) in [5.41, 5.74) is 19.1. The zero-order valence-corrected chi connectivity index (χ0v) is 28.5. The van der Waals surface area contributed by atoms with Gasteiger partial charge in [-0.25, -0.2) is 0 Å². The highest BCUT2D eigenvalue weighted by Crippen LogP contribution is 2.52. The van der Waals surface area contributed by atoms with Gasteiger partial charge in [0.1, 0.15) is 0 Å². The number of benzene rings is 7. The van der Waals surface area contributed by atoms with Crippen LogP contribution in [0, 0.1) is 0 Å². The molecule has 0 saturated carbocycles. The summed E-state index contributed by atoms with van der Waals surface area (Å²) in [6, 6.07) is 60.5. The van der Waals surface area contributed by atoms with Gasteiger partial charge in [0.05, 0.1) is 0 Å². The number of anilines is 3. The molecule has 7 aromatic carbocycles. The Labute approximate surface area is 290 Å². The van der Waals surface area contributed by atoms with Crippen molar-refractivity contribution in [3.63, 3.8) is 0 Å². The van der Waals surface area contributed by atoms with Gasteiger partial charge >= 0.3 is 0 Å². The molecule has 0 bridgehead atoms. The van der Waals surface area contributed by atoms with E-state index in [2.05, 4.69) is 196 Å². The molecule has 0 N–H and O–H groups in total. The van der Waals surface area contributed by atoms with E-state index in [-0.39, 0.29) is 10.8 Å². The number of nitrogens with zero attached hydrogens (tertiary/aromatic N) is 1. The van der Waals surface area contributed by atoms with E-state index in [0.717, 1.165) is 17.1 Å². The number of hydrogen-bond acceptors (Lipinski definition) is 1. The van der Waals surface area contributed by atoms with Crippen LogP contribution in [0.25, 0.3) is 44.5 Å². The lowest BCUT2D eigenvalue weighted by Gasteiger charge is -2.29. The minimum Gasteiger partial charge on any atom is -0.310 e. The van der Waals surface area contributed by atoms with E-state index < -0.39 is 0 Å². The summed E-state index contributed by atoms with van der Waals surface area (Å²) < 4.78 is 0. The molecule has 0 heterocycles. The lowest BCUT2D eigenvalue weighted by Crippen LogP contribution is -2.16. The van der Waals surface area contributed by atoms with Crippen LogP contribution < -0.4 is 4.90 Å². The maximum absolute atomic E-state index is 2.43. The van der Waals surface area contributed by atoms with Gasteiger partial charge in [-0.1, -0.05) is 149 Å². The van der Waals surface area contributed by atoms with Crippen LogP contribution in [-0.2, 0) is 10.8 Å². The van der Waals surface area contributed by atoms with E-state index in [4.69, 9.17) is 0 Å². The predicted octanol–water partition coefficient (Wildman–Crippen LogP) is 13.1. The van der Waals surface area contributed by atoms with E-state index in [0.29, 0.717) is 0 Å². The second kappa shape index (κ2) is 10.9. The first-order chi connectivity index (χ1) is 23.8. The third-order valence-electron chi connectivity index (χ3n) is 11.1. The van der Waals surface area contributed by atoms with E-state index in [9.17, 15) is 0 Å². The van der Waals surface area contributed by atoms with Gasteiger partial charge in [-0.2, -0.15) is 0 Å². The topological polar surface area (TPSA) is 3.24 Å². The molecule has 0 fully saturated rings. The van der Waals surface area contributed by atoms with Crippen LogP contribution in [0.4, 0.5) is 17.1 Å². The molecule has 236 valence electrons. The third-order valence-corrected chi connectivity index (χ3v) is 11.1. The van der Waals surface area contributed by atoms with E-state index >= 15 is 0 Å². The molecule has 0 atom stereocenters. The Kier molecular flexibility index (Phi) is 6.58. The maximum atomic E-state index is 2.43. The highest BCUT2D eigenvalue weighted by atomic mass is 15.1. The molecule has 7 aromatic rings. The second-order valence-corrected chi connectivity index (χ2v) is 14.6. The molecule has 49 heavy (non-hydrogen) atoms. The first-order valence-electron chi connectivity index (χ1n) is 17.4. The molecule has 9 rings (SSSR count). The average Bonchev–Trinajstić information content (AvgIpc) is 3.51. The highest BCUT2D eigenvalue weighted by Gasteiger charge is 2.36. The quantitative estimate of drug-likeness (QED) is 0.183. The fourth-order valence-corrected chi connectivity index (χ4v) is 8.46. The molecular weight excluding hydrogens is 591 g/mol. The van der Waals surface area contributed by atoms with Crippen LogP contribution in [0.2, 0.25) is 0 Å². The first-order valence-corrected chi connectivity index (χ1v) is 17.4. The fourth-order valence-electron chi connectivity index (χ4n) is 8.46. The van der Waals surface area contributed by atoms with Gasteiger partial charge in [-0.05, 0) is 109 Å². The van der Waals surface area contributed by atoms with Crippen LogP contribution in [0.15, 0.2) is 164 Å². The molecular formula is C48H39N. The van der Waals surface area contributed by atoms with E-state index in [1.165, 1.54) is 66.8 Å². The Balaban J connectivity index is 1.20. The Morgan fingerprint density at radius 2 is 0.776 bits per heavy atom. The van der Waals surface area contributed by atoms with Gasteiger partial charge in [0.15, 0.2) is 0 Å². The molecule has 1 heteroatoms. The summed E-state index contributed by atoms with van der Waals surface area (Å²) in [6.07, 6.45) is 0. The van der Waals surface area contributed by atoms with Crippen molar-refractivity contribution >= 4 is 17.1 Å². The summed E-state index contributed by atoms with van der Waals surface area (Å²) in [5, 5.41) is 0. The van der Waals surface area contributed by atoms with Gasteiger partial charge in [0.25, 0.3) is 0 Å². The molecule has 2 aliphatic rings. The monoisotopic (exact) mass is 629 g/mol. The van der Waals surface area contributed by atoms with Gasteiger partial charge < -0.3 is 4.90 Å². The van der Waals surface area contributed by atoms with Crippen molar-refractivity contribution in [2.24, 2.45) is 0 Å². The first kappa shape index (κ1) is 29.5. The number of hydrogen-bond donors (Lipinski definition) is 0. The van der Waals surface area contributed by atoms with Crippen LogP contribution in [-0.4, -0.2) is 0 Å². The van der Waals surface area contributed by atoms with Crippen molar-refractivity contribution in [3.05, 3.63) is 186 Å². The van der Waals surface area contributed by atoms with Crippen LogP contribution in [0.5, 0.6) is 0 Å². The number of fused-ring (bicyclic) bond motifs is 6. The molecule has 0 amide bonds. The van der Waals surface area contributed by atoms with E-state index in [1.54, 1.807) is 0 Å². The molecule has 0 unspecified atom stereocenters. The fraction of sp³-hybridized carbons (Fsp3) is 0.125. The zero-order valence-electron chi connectivity index (χ0n) is 28.5. The Morgan fingerprint density at radius 1 is 0.306 bits per heavy atom. The third kappa shape index (κ3) is 4.60. The number of rotatable bonds is 5. The molecule has 1 nitrogen and oxygen atoms in total. The Morgan fingerprint density at radius 3 is 1.45 bits per heavy atom. The molecule has 0 aliphatic heterocycles. The van der Waals surface area contributed by atoms with Crippen molar-refractivity contribution < 1.29 is 0 Å². The van der Waals surface area contributed by atoms with Crippen LogP contribution in [0.3, 0.4) is 0 Å². The zero-order chi connectivity index (χ0) is 33.3.